The summed E-state index contributed by atoms with van der Waals surface area (Å²) in [5, 5.41) is 8.92. The van der Waals surface area contributed by atoms with Crippen LogP contribution >= 0.6 is 0 Å². The first-order valence-electron chi connectivity index (χ1n) is 6.27. The Hall–Kier alpha value is -2.22. The van der Waals surface area contributed by atoms with Gasteiger partial charge in [-0.1, -0.05) is 12.1 Å². The molecule has 0 saturated heterocycles. The van der Waals surface area contributed by atoms with Crippen LogP contribution in [0.1, 0.15) is 16.7 Å². The van der Waals surface area contributed by atoms with Gasteiger partial charge in [0.25, 0.3) is 0 Å². The quantitative estimate of drug-likeness (QED) is 0.799. The molecule has 23 heavy (non-hydrogen) atoms. The van der Waals surface area contributed by atoms with Gasteiger partial charge in [0, 0.05) is 0 Å². The van der Waals surface area contributed by atoms with Crippen LogP contribution < -0.4 is 4.74 Å². The van der Waals surface area contributed by atoms with Gasteiger partial charge in [-0.15, -0.1) is 0 Å². The van der Waals surface area contributed by atoms with Crippen molar-refractivity contribution in [2.45, 2.75) is 19.0 Å². The summed E-state index contributed by atoms with van der Waals surface area (Å²) in [4.78, 5) is 0. The second-order valence-electron chi connectivity index (χ2n) is 4.60. The van der Waals surface area contributed by atoms with Crippen molar-refractivity contribution in [3.05, 3.63) is 59.2 Å². The number of aliphatic hydroxyl groups excluding tert-OH is 1. The molecule has 0 aliphatic heterocycles. The fourth-order valence-corrected chi connectivity index (χ4v) is 1.89. The van der Waals surface area contributed by atoms with Gasteiger partial charge in [-0.25, -0.2) is 0 Å². The van der Waals surface area contributed by atoms with Crippen molar-refractivity contribution < 1.29 is 36.2 Å². The van der Waals surface area contributed by atoms with Crippen LogP contribution in [0, 0.1) is 0 Å². The number of rotatable bonds is 3. The average molecular weight is 336 g/mol. The molecule has 0 aliphatic rings. The fourth-order valence-electron chi connectivity index (χ4n) is 1.89. The summed E-state index contributed by atoms with van der Waals surface area (Å²) in [6, 6.07) is 6.57. The molecule has 0 atom stereocenters. The molecule has 0 amide bonds. The van der Waals surface area contributed by atoms with Gasteiger partial charge in [0.2, 0.25) is 0 Å². The Morgan fingerprint density at radius 2 is 1.48 bits per heavy atom. The third-order valence-electron chi connectivity index (χ3n) is 2.95. The van der Waals surface area contributed by atoms with Crippen LogP contribution in [-0.2, 0) is 19.0 Å². The average Bonchev–Trinajstić information content (AvgIpc) is 2.46. The van der Waals surface area contributed by atoms with Gasteiger partial charge in [-0.3, -0.25) is 0 Å². The minimum atomic E-state index is -4.72. The Bertz CT molecular complexity index is 691. The van der Waals surface area contributed by atoms with Crippen LogP contribution in [0.4, 0.5) is 26.3 Å². The predicted molar refractivity (Wildman–Crippen MR) is 68.9 cm³/mol. The van der Waals surface area contributed by atoms with Gasteiger partial charge in [0.1, 0.15) is 11.5 Å². The van der Waals surface area contributed by atoms with E-state index in [0.29, 0.717) is 12.1 Å². The third-order valence-corrected chi connectivity index (χ3v) is 2.95. The van der Waals surface area contributed by atoms with E-state index in [1.54, 1.807) is 0 Å². The minimum absolute atomic E-state index is 0.246. The van der Waals surface area contributed by atoms with E-state index in [4.69, 9.17) is 9.84 Å². The number of ether oxygens (including phenoxy) is 1. The van der Waals surface area contributed by atoms with Gasteiger partial charge in [0.15, 0.2) is 0 Å². The van der Waals surface area contributed by atoms with Crippen molar-refractivity contribution in [2.24, 2.45) is 0 Å². The summed E-state index contributed by atoms with van der Waals surface area (Å²) >= 11 is 0. The third kappa shape index (κ3) is 4.16. The van der Waals surface area contributed by atoms with E-state index in [-0.39, 0.29) is 17.1 Å². The van der Waals surface area contributed by atoms with Crippen LogP contribution in [0.3, 0.4) is 0 Å². The summed E-state index contributed by atoms with van der Waals surface area (Å²) in [5.74, 6) is -0.529. The van der Waals surface area contributed by atoms with Crippen molar-refractivity contribution in [2.75, 3.05) is 0 Å². The number of hydrogen-bond donors (Lipinski definition) is 1. The maximum Gasteiger partial charge on any atom is 0.416 e. The molecule has 0 fully saturated rings. The molecule has 0 aliphatic carbocycles. The van der Waals surface area contributed by atoms with Gasteiger partial charge in [0.05, 0.1) is 17.7 Å². The van der Waals surface area contributed by atoms with E-state index in [2.05, 4.69) is 0 Å². The van der Waals surface area contributed by atoms with Crippen LogP contribution in [-0.4, -0.2) is 5.11 Å². The Morgan fingerprint density at radius 3 is 2.04 bits per heavy atom. The zero-order valence-electron chi connectivity index (χ0n) is 11.4. The zero-order valence-corrected chi connectivity index (χ0v) is 11.4. The summed E-state index contributed by atoms with van der Waals surface area (Å²) in [5.41, 5.74) is -2.43. The smallest absolute Gasteiger partial charge is 0.416 e. The summed E-state index contributed by atoms with van der Waals surface area (Å²) in [6.07, 6.45) is -9.30. The largest absolute Gasteiger partial charge is 0.457 e. The molecule has 0 unspecified atom stereocenters. The topological polar surface area (TPSA) is 29.5 Å². The molecule has 8 heteroatoms. The molecule has 124 valence electrons. The minimum Gasteiger partial charge on any atom is -0.457 e. The highest BCUT2D eigenvalue weighted by Crippen LogP contribution is 2.36. The molecule has 2 rings (SSSR count). The number of aliphatic hydroxyl groups is 1. The molecule has 0 heterocycles. The van der Waals surface area contributed by atoms with E-state index >= 15 is 0 Å². The summed E-state index contributed by atoms with van der Waals surface area (Å²) < 4.78 is 81.4. The maximum absolute atomic E-state index is 12.9. The Balaban J connectivity index is 2.34. The molecule has 1 N–H and O–H groups in total. The SMILES string of the molecule is OCc1ccc(Oc2cccc(C(F)(F)F)c2)cc1C(F)(F)F. The second kappa shape index (κ2) is 6.11. The van der Waals surface area contributed by atoms with Crippen LogP contribution in [0.5, 0.6) is 11.5 Å². The van der Waals surface area contributed by atoms with E-state index < -0.39 is 30.1 Å². The highest BCUT2D eigenvalue weighted by molar-refractivity contribution is 5.40. The van der Waals surface area contributed by atoms with Crippen LogP contribution in [0.25, 0.3) is 0 Å². The molecular formula is C15H10F6O2. The normalized spacial score (nSPS) is 12.3. The van der Waals surface area contributed by atoms with Crippen LogP contribution in [0.15, 0.2) is 42.5 Å². The molecule has 0 aromatic heterocycles. The summed E-state index contributed by atoms with van der Waals surface area (Å²) in [7, 11) is 0. The molecule has 2 aromatic rings. The lowest BCUT2D eigenvalue weighted by Crippen LogP contribution is -2.09. The van der Waals surface area contributed by atoms with Gasteiger partial charge < -0.3 is 9.84 Å². The second-order valence-corrected chi connectivity index (χ2v) is 4.60. The Morgan fingerprint density at radius 1 is 0.826 bits per heavy atom. The molecule has 0 saturated carbocycles. The van der Waals surface area contributed by atoms with Gasteiger partial charge in [-0.05, 0) is 35.9 Å². The standard InChI is InChI=1S/C15H10F6O2/c16-14(17,18)10-2-1-3-11(6-10)23-12-5-4-9(8-22)13(7-12)15(19,20)21/h1-7,22H,8H2. The first kappa shape index (κ1) is 17.1. The zero-order chi connectivity index (χ0) is 17.3. The molecule has 0 radical (unpaired) electrons. The number of alkyl halides is 6. The van der Waals surface area contributed by atoms with Gasteiger partial charge >= 0.3 is 12.4 Å². The Labute approximate surface area is 126 Å². The van der Waals surface area contributed by atoms with Crippen molar-refractivity contribution >= 4 is 0 Å². The maximum atomic E-state index is 12.9. The predicted octanol–water partition coefficient (Wildman–Crippen LogP) is 5.01. The number of halogens is 6. The highest BCUT2D eigenvalue weighted by Gasteiger charge is 2.34. The monoisotopic (exact) mass is 336 g/mol. The molecule has 0 spiro atoms. The highest BCUT2D eigenvalue weighted by atomic mass is 19.4. The molecule has 2 aromatic carbocycles. The van der Waals surface area contributed by atoms with Crippen molar-refractivity contribution in [3.8, 4) is 11.5 Å². The molecular weight excluding hydrogens is 326 g/mol. The lowest BCUT2D eigenvalue weighted by molar-refractivity contribution is -0.139. The Kier molecular flexibility index (Phi) is 4.56. The lowest BCUT2D eigenvalue weighted by Gasteiger charge is -2.14. The first-order chi connectivity index (χ1) is 10.6. The number of hydrogen-bond acceptors (Lipinski definition) is 2. The molecule has 0 bridgehead atoms. The summed E-state index contributed by atoms with van der Waals surface area (Å²) in [6.45, 7) is -0.821. The van der Waals surface area contributed by atoms with Crippen molar-refractivity contribution in [1.82, 2.24) is 0 Å². The van der Waals surface area contributed by atoms with E-state index in [1.165, 1.54) is 6.07 Å². The van der Waals surface area contributed by atoms with E-state index in [0.717, 1.165) is 24.3 Å². The van der Waals surface area contributed by atoms with Crippen molar-refractivity contribution in [1.29, 1.82) is 0 Å². The van der Waals surface area contributed by atoms with Crippen molar-refractivity contribution in [3.63, 3.8) is 0 Å². The number of benzene rings is 2. The van der Waals surface area contributed by atoms with E-state index in [1.807, 2.05) is 0 Å². The van der Waals surface area contributed by atoms with Crippen LogP contribution in [0.2, 0.25) is 0 Å². The van der Waals surface area contributed by atoms with E-state index in [9.17, 15) is 26.3 Å². The molecule has 2 nitrogen and oxygen atoms in total. The van der Waals surface area contributed by atoms with Gasteiger partial charge in [-0.2, -0.15) is 26.3 Å². The first-order valence-corrected chi connectivity index (χ1v) is 6.27. The lowest BCUT2D eigenvalue weighted by atomic mass is 10.1. The fraction of sp³-hybridized carbons (Fsp3) is 0.200.